The van der Waals surface area contributed by atoms with E-state index in [1.165, 1.54) is 0 Å². The first kappa shape index (κ1) is 16.0. The van der Waals surface area contributed by atoms with Crippen LogP contribution in [0.2, 0.25) is 5.02 Å². The van der Waals surface area contributed by atoms with Gasteiger partial charge in [-0.3, -0.25) is 4.79 Å². The Kier molecular flexibility index (Phi) is 6.89. The lowest BCUT2D eigenvalue weighted by Gasteiger charge is -2.10. The first-order valence-electron chi connectivity index (χ1n) is 6.61. The average molecular weight is 284 g/mol. The molecule has 0 spiro atoms. The van der Waals surface area contributed by atoms with Crippen molar-refractivity contribution < 1.29 is 9.53 Å². The Balaban J connectivity index is 2.54. The summed E-state index contributed by atoms with van der Waals surface area (Å²) in [7, 11) is 1.60. The maximum absolute atomic E-state index is 12.0. The Morgan fingerprint density at radius 3 is 2.79 bits per heavy atom. The zero-order valence-corrected chi connectivity index (χ0v) is 12.4. The maximum Gasteiger partial charge on any atom is 0.137 e. The SMILES string of the molecule is COc1ccc(Cl)cc1CC(=O)CCC(C)CCN. The number of rotatable bonds is 8. The van der Waals surface area contributed by atoms with Crippen molar-refractivity contribution in [3.63, 3.8) is 0 Å². The largest absolute Gasteiger partial charge is 0.496 e. The molecule has 0 bridgehead atoms. The van der Waals surface area contributed by atoms with E-state index in [2.05, 4.69) is 6.92 Å². The molecule has 0 amide bonds. The Morgan fingerprint density at radius 1 is 1.42 bits per heavy atom. The van der Waals surface area contributed by atoms with Gasteiger partial charge in [-0.05, 0) is 43.5 Å². The van der Waals surface area contributed by atoms with Crippen molar-refractivity contribution in [2.45, 2.75) is 32.6 Å². The van der Waals surface area contributed by atoms with Crippen LogP contribution in [0.4, 0.5) is 0 Å². The summed E-state index contributed by atoms with van der Waals surface area (Å²) in [6, 6.07) is 5.35. The van der Waals surface area contributed by atoms with Gasteiger partial charge in [-0.1, -0.05) is 18.5 Å². The number of carbonyl (C=O) groups is 1. The number of hydrogen-bond acceptors (Lipinski definition) is 3. The Hall–Kier alpha value is -1.06. The quantitative estimate of drug-likeness (QED) is 0.797. The van der Waals surface area contributed by atoms with Gasteiger partial charge in [-0.2, -0.15) is 0 Å². The highest BCUT2D eigenvalue weighted by Gasteiger charge is 2.11. The number of hydrogen-bond donors (Lipinski definition) is 1. The van der Waals surface area contributed by atoms with Crippen molar-refractivity contribution in [3.8, 4) is 5.75 Å². The molecule has 4 heteroatoms. The summed E-state index contributed by atoms with van der Waals surface area (Å²) < 4.78 is 5.24. The third-order valence-corrected chi connectivity index (χ3v) is 3.44. The van der Waals surface area contributed by atoms with Crippen molar-refractivity contribution in [2.24, 2.45) is 11.7 Å². The maximum atomic E-state index is 12.0. The molecule has 3 nitrogen and oxygen atoms in total. The van der Waals surface area contributed by atoms with Crippen LogP contribution in [0.25, 0.3) is 0 Å². The van der Waals surface area contributed by atoms with Crippen LogP contribution < -0.4 is 10.5 Å². The van der Waals surface area contributed by atoms with Gasteiger partial charge in [0.15, 0.2) is 0 Å². The number of benzene rings is 1. The van der Waals surface area contributed by atoms with Crippen LogP contribution >= 0.6 is 11.6 Å². The van der Waals surface area contributed by atoms with Gasteiger partial charge in [0.05, 0.1) is 7.11 Å². The molecule has 0 radical (unpaired) electrons. The highest BCUT2D eigenvalue weighted by atomic mass is 35.5. The van der Waals surface area contributed by atoms with Gasteiger partial charge in [0.25, 0.3) is 0 Å². The molecular weight excluding hydrogens is 262 g/mol. The molecule has 1 aromatic rings. The summed E-state index contributed by atoms with van der Waals surface area (Å²) in [5.41, 5.74) is 6.35. The highest BCUT2D eigenvalue weighted by Crippen LogP contribution is 2.24. The van der Waals surface area contributed by atoms with Crippen LogP contribution in [0.5, 0.6) is 5.75 Å². The van der Waals surface area contributed by atoms with E-state index in [1.54, 1.807) is 25.3 Å². The summed E-state index contributed by atoms with van der Waals surface area (Å²) in [4.78, 5) is 12.0. The van der Waals surface area contributed by atoms with E-state index in [1.807, 2.05) is 0 Å². The Morgan fingerprint density at radius 2 is 2.16 bits per heavy atom. The summed E-state index contributed by atoms with van der Waals surface area (Å²) in [5, 5.41) is 0.625. The smallest absolute Gasteiger partial charge is 0.137 e. The van der Waals surface area contributed by atoms with Crippen LogP contribution in [0.3, 0.4) is 0 Å². The number of ether oxygens (including phenoxy) is 1. The third-order valence-electron chi connectivity index (χ3n) is 3.21. The van der Waals surface area contributed by atoms with E-state index < -0.39 is 0 Å². The monoisotopic (exact) mass is 283 g/mol. The van der Waals surface area contributed by atoms with E-state index in [-0.39, 0.29) is 5.78 Å². The van der Waals surface area contributed by atoms with Crippen molar-refractivity contribution in [3.05, 3.63) is 28.8 Å². The molecule has 0 heterocycles. The standard InChI is InChI=1S/C15H22ClNO2/c1-11(7-8-17)3-5-14(18)10-12-9-13(16)4-6-15(12)19-2/h4,6,9,11H,3,5,7-8,10,17H2,1-2H3. The van der Waals surface area contributed by atoms with Gasteiger partial charge in [0.2, 0.25) is 0 Å². The van der Waals surface area contributed by atoms with Gasteiger partial charge >= 0.3 is 0 Å². The molecule has 0 fully saturated rings. The molecule has 0 saturated heterocycles. The summed E-state index contributed by atoms with van der Waals surface area (Å²) in [6.07, 6.45) is 2.81. The predicted molar refractivity (Wildman–Crippen MR) is 78.8 cm³/mol. The van der Waals surface area contributed by atoms with Gasteiger partial charge in [-0.15, -0.1) is 0 Å². The van der Waals surface area contributed by atoms with Crippen LogP contribution in [0.1, 0.15) is 31.7 Å². The fourth-order valence-electron chi connectivity index (χ4n) is 2.02. The van der Waals surface area contributed by atoms with Crippen LogP contribution in [0.15, 0.2) is 18.2 Å². The second kappa shape index (κ2) is 8.18. The molecule has 1 aromatic carbocycles. The van der Waals surface area contributed by atoms with E-state index >= 15 is 0 Å². The minimum Gasteiger partial charge on any atom is -0.496 e. The molecule has 0 aliphatic carbocycles. The molecule has 0 saturated carbocycles. The van der Waals surface area contributed by atoms with Crippen molar-refractivity contribution in [1.82, 2.24) is 0 Å². The van der Waals surface area contributed by atoms with E-state index in [0.717, 1.165) is 18.4 Å². The summed E-state index contributed by atoms with van der Waals surface area (Å²) >= 11 is 5.95. The third kappa shape index (κ3) is 5.62. The summed E-state index contributed by atoms with van der Waals surface area (Å²) in [6.45, 7) is 2.80. The van der Waals surface area contributed by atoms with Gasteiger partial charge < -0.3 is 10.5 Å². The van der Waals surface area contributed by atoms with Crippen LogP contribution in [-0.4, -0.2) is 19.4 Å². The minimum absolute atomic E-state index is 0.212. The topological polar surface area (TPSA) is 52.3 Å². The fraction of sp³-hybridized carbons (Fsp3) is 0.533. The molecule has 2 N–H and O–H groups in total. The lowest BCUT2D eigenvalue weighted by Crippen LogP contribution is -2.09. The average Bonchev–Trinajstić information content (AvgIpc) is 2.37. The second-order valence-electron chi connectivity index (χ2n) is 4.89. The molecule has 1 rings (SSSR count). The first-order chi connectivity index (χ1) is 9.06. The first-order valence-corrected chi connectivity index (χ1v) is 6.98. The van der Waals surface area contributed by atoms with Gasteiger partial charge in [-0.25, -0.2) is 0 Å². The highest BCUT2D eigenvalue weighted by molar-refractivity contribution is 6.30. The van der Waals surface area contributed by atoms with Crippen LogP contribution in [-0.2, 0) is 11.2 Å². The molecule has 1 unspecified atom stereocenters. The number of halogens is 1. The summed E-state index contributed by atoms with van der Waals surface area (Å²) in [5.74, 6) is 1.42. The normalized spacial score (nSPS) is 12.2. The predicted octanol–water partition coefficient (Wildman–Crippen LogP) is 3.23. The minimum atomic E-state index is 0.212. The van der Waals surface area contributed by atoms with Gasteiger partial charge in [0, 0.05) is 23.4 Å². The molecule has 1 atom stereocenters. The number of Topliss-reactive ketones (excluding diaryl/α,β-unsaturated/α-hetero) is 1. The van der Waals surface area contributed by atoms with E-state index in [0.29, 0.717) is 36.1 Å². The van der Waals surface area contributed by atoms with Gasteiger partial charge in [0.1, 0.15) is 11.5 Å². The Labute approximate surface area is 120 Å². The molecule has 0 aliphatic rings. The zero-order chi connectivity index (χ0) is 14.3. The number of ketones is 1. The second-order valence-corrected chi connectivity index (χ2v) is 5.33. The van der Waals surface area contributed by atoms with E-state index in [9.17, 15) is 4.79 Å². The molecule has 19 heavy (non-hydrogen) atoms. The lowest BCUT2D eigenvalue weighted by atomic mass is 9.97. The number of nitrogens with two attached hydrogens (primary N) is 1. The molecule has 106 valence electrons. The number of methoxy groups -OCH3 is 1. The van der Waals surface area contributed by atoms with Crippen LogP contribution in [0, 0.1) is 5.92 Å². The lowest BCUT2D eigenvalue weighted by molar-refractivity contribution is -0.118. The van der Waals surface area contributed by atoms with Crippen molar-refractivity contribution in [2.75, 3.05) is 13.7 Å². The molecule has 0 aromatic heterocycles. The van der Waals surface area contributed by atoms with Crippen molar-refractivity contribution in [1.29, 1.82) is 0 Å². The molecular formula is C15H22ClNO2. The Bertz CT molecular complexity index is 421. The number of carbonyl (C=O) groups excluding carboxylic acids is 1. The fourth-order valence-corrected chi connectivity index (χ4v) is 2.22. The molecule has 0 aliphatic heterocycles. The van der Waals surface area contributed by atoms with E-state index in [4.69, 9.17) is 22.1 Å². The zero-order valence-electron chi connectivity index (χ0n) is 11.6. The van der Waals surface area contributed by atoms with Crippen molar-refractivity contribution >= 4 is 17.4 Å².